The Bertz CT molecular complexity index is 520. The maximum absolute atomic E-state index is 11.4. The molecular weight excluding hydrogens is 323 g/mol. The lowest BCUT2D eigenvalue weighted by Gasteiger charge is -2.18. The summed E-state index contributed by atoms with van der Waals surface area (Å²) in [5, 5.41) is 8.81. The summed E-state index contributed by atoms with van der Waals surface area (Å²) in [5.41, 5.74) is -0.618. The van der Waals surface area contributed by atoms with Gasteiger partial charge in [0.15, 0.2) is 16.0 Å². The second-order valence-electron chi connectivity index (χ2n) is 4.29. The first kappa shape index (κ1) is 14.7. The van der Waals surface area contributed by atoms with Gasteiger partial charge in [-0.2, -0.15) is 5.26 Å². The van der Waals surface area contributed by atoms with Gasteiger partial charge in [0.2, 0.25) is 0 Å². The van der Waals surface area contributed by atoms with E-state index in [9.17, 15) is 4.79 Å². The number of rotatable bonds is 1. The van der Waals surface area contributed by atoms with Gasteiger partial charge in [0, 0.05) is 6.07 Å². The van der Waals surface area contributed by atoms with Gasteiger partial charge in [-0.25, -0.2) is 9.78 Å². The van der Waals surface area contributed by atoms with Gasteiger partial charge in [-0.05, 0) is 36.7 Å². The zero-order valence-corrected chi connectivity index (χ0v) is 12.3. The number of nitriles is 1. The second kappa shape index (κ2) is 5.55. The largest absolute Gasteiger partial charge is 0.514 e. The van der Waals surface area contributed by atoms with Crippen LogP contribution in [0.5, 0.6) is 5.75 Å². The summed E-state index contributed by atoms with van der Waals surface area (Å²) in [6.45, 7) is 5.15. The molecule has 0 bridgehead atoms. The molecule has 1 rings (SSSR count). The van der Waals surface area contributed by atoms with Crippen molar-refractivity contribution < 1.29 is 14.3 Å². The topological polar surface area (TPSA) is 72.2 Å². The van der Waals surface area contributed by atoms with Crippen molar-refractivity contribution in [1.82, 2.24) is 4.98 Å². The number of hydrogen-bond acceptors (Lipinski definition) is 5. The van der Waals surface area contributed by atoms with Gasteiger partial charge >= 0.3 is 6.16 Å². The third-order valence-electron chi connectivity index (χ3n) is 1.59. The standard InChI is InChI=1S/C11H10BrClN2O3/c1-11(2,3)18-10(16)17-8-4-6(13)7(5-14)15-9(8)12/h4H,1-3H3. The summed E-state index contributed by atoms with van der Waals surface area (Å²) in [4.78, 5) is 15.3. The van der Waals surface area contributed by atoms with Crippen LogP contribution in [0.3, 0.4) is 0 Å². The van der Waals surface area contributed by atoms with Crippen LogP contribution in [0.2, 0.25) is 5.02 Å². The predicted molar refractivity (Wildman–Crippen MR) is 68.5 cm³/mol. The molecule has 0 fully saturated rings. The van der Waals surface area contributed by atoms with Crippen molar-refractivity contribution in [2.45, 2.75) is 26.4 Å². The zero-order valence-electron chi connectivity index (χ0n) is 9.95. The molecule has 1 heterocycles. The number of ether oxygens (including phenoxy) is 2. The summed E-state index contributed by atoms with van der Waals surface area (Å²) < 4.78 is 10.1. The van der Waals surface area contributed by atoms with E-state index in [1.54, 1.807) is 20.8 Å². The fourth-order valence-electron chi connectivity index (χ4n) is 0.960. The summed E-state index contributed by atoms with van der Waals surface area (Å²) in [5.74, 6) is 0.0910. The maximum Gasteiger partial charge on any atom is 0.514 e. The van der Waals surface area contributed by atoms with Crippen LogP contribution in [0, 0.1) is 11.3 Å². The number of halogens is 2. The molecule has 7 heteroatoms. The molecule has 0 aliphatic heterocycles. The van der Waals surface area contributed by atoms with Gasteiger partial charge in [-0.3, -0.25) is 0 Å². The molecule has 0 saturated carbocycles. The van der Waals surface area contributed by atoms with Crippen molar-refractivity contribution in [3.8, 4) is 11.8 Å². The molecular formula is C11H10BrClN2O3. The summed E-state index contributed by atoms with van der Waals surface area (Å²) in [7, 11) is 0. The minimum absolute atomic E-state index is 0.0417. The van der Waals surface area contributed by atoms with E-state index >= 15 is 0 Å². The molecule has 0 aliphatic carbocycles. The Morgan fingerprint density at radius 2 is 2.17 bits per heavy atom. The molecule has 0 amide bonds. The SMILES string of the molecule is CC(C)(C)OC(=O)Oc1cc(Cl)c(C#N)nc1Br. The van der Waals surface area contributed by atoms with Crippen LogP contribution in [0.4, 0.5) is 4.79 Å². The monoisotopic (exact) mass is 332 g/mol. The number of aromatic nitrogens is 1. The first-order valence-corrected chi connectivity index (χ1v) is 6.07. The van der Waals surface area contributed by atoms with E-state index < -0.39 is 11.8 Å². The minimum Gasteiger partial charge on any atom is -0.428 e. The van der Waals surface area contributed by atoms with E-state index in [1.165, 1.54) is 6.07 Å². The fraction of sp³-hybridized carbons (Fsp3) is 0.364. The first-order valence-electron chi connectivity index (χ1n) is 4.90. The molecule has 1 aromatic heterocycles. The first-order chi connectivity index (χ1) is 8.23. The van der Waals surface area contributed by atoms with Gasteiger partial charge in [0.1, 0.15) is 11.7 Å². The van der Waals surface area contributed by atoms with Crippen LogP contribution in [0.1, 0.15) is 26.5 Å². The molecule has 0 saturated heterocycles. The smallest absolute Gasteiger partial charge is 0.428 e. The molecule has 0 aliphatic rings. The highest BCUT2D eigenvalue weighted by Gasteiger charge is 2.20. The van der Waals surface area contributed by atoms with Crippen LogP contribution >= 0.6 is 27.5 Å². The Labute approximate surface area is 118 Å². The quantitative estimate of drug-likeness (QED) is 0.579. The minimum atomic E-state index is -0.870. The molecule has 5 nitrogen and oxygen atoms in total. The third-order valence-corrected chi connectivity index (χ3v) is 2.44. The highest BCUT2D eigenvalue weighted by atomic mass is 79.9. The van der Waals surface area contributed by atoms with Crippen LogP contribution < -0.4 is 4.74 Å². The second-order valence-corrected chi connectivity index (χ2v) is 5.44. The molecule has 1 aromatic rings. The van der Waals surface area contributed by atoms with Gasteiger partial charge in [-0.15, -0.1) is 0 Å². The average Bonchev–Trinajstić information content (AvgIpc) is 2.20. The lowest BCUT2D eigenvalue weighted by molar-refractivity contribution is 0.0204. The average molecular weight is 334 g/mol. The summed E-state index contributed by atoms with van der Waals surface area (Å²) >= 11 is 8.86. The number of hydrogen-bond donors (Lipinski definition) is 0. The molecule has 0 unspecified atom stereocenters. The number of pyridine rings is 1. The Morgan fingerprint density at radius 3 is 2.67 bits per heavy atom. The number of carbonyl (C=O) groups is 1. The number of carbonyl (C=O) groups excluding carboxylic acids is 1. The summed E-state index contributed by atoms with van der Waals surface area (Å²) in [6, 6.07) is 3.13. The van der Waals surface area contributed by atoms with Crippen LogP contribution in [0.25, 0.3) is 0 Å². The fourth-order valence-corrected chi connectivity index (χ4v) is 1.52. The molecule has 0 spiro atoms. The Kier molecular flexibility index (Phi) is 4.54. The molecule has 0 N–H and O–H groups in total. The normalized spacial score (nSPS) is 10.7. The van der Waals surface area contributed by atoms with E-state index in [0.29, 0.717) is 0 Å². The Morgan fingerprint density at radius 1 is 1.56 bits per heavy atom. The maximum atomic E-state index is 11.4. The predicted octanol–water partition coefficient (Wildman–Crippen LogP) is 3.68. The van der Waals surface area contributed by atoms with E-state index in [2.05, 4.69) is 20.9 Å². The molecule has 18 heavy (non-hydrogen) atoms. The van der Waals surface area contributed by atoms with E-state index in [4.69, 9.17) is 26.3 Å². The van der Waals surface area contributed by atoms with Crippen molar-refractivity contribution in [1.29, 1.82) is 5.26 Å². The van der Waals surface area contributed by atoms with E-state index in [-0.39, 0.29) is 21.1 Å². The lowest BCUT2D eigenvalue weighted by atomic mass is 10.2. The number of nitrogens with zero attached hydrogens (tertiary/aromatic N) is 2. The van der Waals surface area contributed by atoms with Crippen LogP contribution in [-0.2, 0) is 4.74 Å². The Hall–Kier alpha value is -1.32. The highest BCUT2D eigenvalue weighted by Crippen LogP contribution is 2.28. The molecule has 0 radical (unpaired) electrons. The van der Waals surface area contributed by atoms with Crippen molar-refractivity contribution >= 4 is 33.7 Å². The van der Waals surface area contributed by atoms with E-state index in [0.717, 1.165) is 0 Å². The third kappa shape index (κ3) is 4.17. The van der Waals surface area contributed by atoms with Gasteiger partial charge in [0.05, 0.1) is 5.02 Å². The van der Waals surface area contributed by atoms with Gasteiger partial charge in [0.25, 0.3) is 0 Å². The molecule has 96 valence electrons. The zero-order chi connectivity index (χ0) is 13.9. The highest BCUT2D eigenvalue weighted by molar-refractivity contribution is 9.10. The summed E-state index contributed by atoms with van der Waals surface area (Å²) in [6.07, 6.45) is -0.870. The van der Waals surface area contributed by atoms with Crippen LogP contribution in [0.15, 0.2) is 10.7 Å². The van der Waals surface area contributed by atoms with Crippen molar-refractivity contribution in [3.63, 3.8) is 0 Å². The van der Waals surface area contributed by atoms with E-state index in [1.807, 2.05) is 6.07 Å². The Balaban J connectivity index is 2.90. The van der Waals surface area contributed by atoms with Crippen LogP contribution in [-0.4, -0.2) is 16.7 Å². The lowest BCUT2D eigenvalue weighted by Crippen LogP contribution is -2.26. The van der Waals surface area contributed by atoms with Gasteiger partial charge < -0.3 is 9.47 Å². The molecule has 0 atom stereocenters. The van der Waals surface area contributed by atoms with Crippen molar-refractivity contribution in [2.24, 2.45) is 0 Å². The van der Waals surface area contributed by atoms with Gasteiger partial charge in [-0.1, -0.05) is 11.6 Å². The van der Waals surface area contributed by atoms with Crippen molar-refractivity contribution in [2.75, 3.05) is 0 Å². The molecule has 0 aromatic carbocycles. The van der Waals surface area contributed by atoms with Crippen molar-refractivity contribution in [3.05, 3.63) is 21.4 Å².